The highest BCUT2D eigenvalue weighted by molar-refractivity contribution is 5.80. The Morgan fingerprint density at radius 1 is 1.24 bits per heavy atom. The smallest absolute Gasteiger partial charge is 0.382 e. The van der Waals surface area contributed by atoms with Crippen molar-refractivity contribution in [3.05, 3.63) is 35.8 Å². The standard InChI is InChI=1S/C14H16F3N3O/c1-9-10-5-3-4-6-11(10)19-13(18-9)8-20(2)7-12(21)14(15,16)17/h3-6,12,21H,7-8H2,1-2H3. The van der Waals surface area contributed by atoms with E-state index in [1.807, 2.05) is 31.2 Å². The van der Waals surface area contributed by atoms with Gasteiger partial charge in [0.05, 0.1) is 12.1 Å². The number of rotatable bonds is 4. The molecule has 7 heteroatoms. The van der Waals surface area contributed by atoms with Gasteiger partial charge < -0.3 is 5.11 Å². The Hall–Kier alpha value is -1.73. The molecule has 1 heterocycles. The zero-order valence-corrected chi connectivity index (χ0v) is 11.7. The maximum absolute atomic E-state index is 12.3. The molecular formula is C14H16F3N3O. The van der Waals surface area contributed by atoms with Crippen LogP contribution in [0, 0.1) is 6.92 Å². The molecule has 0 amide bonds. The molecule has 1 atom stereocenters. The topological polar surface area (TPSA) is 49.2 Å². The average Bonchev–Trinajstić information content (AvgIpc) is 2.37. The molecule has 1 N–H and O–H groups in total. The zero-order valence-electron chi connectivity index (χ0n) is 11.7. The van der Waals surface area contributed by atoms with E-state index < -0.39 is 18.8 Å². The Morgan fingerprint density at radius 2 is 1.90 bits per heavy atom. The van der Waals surface area contributed by atoms with Crippen molar-refractivity contribution >= 4 is 10.9 Å². The van der Waals surface area contributed by atoms with Gasteiger partial charge in [-0.15, -0.1) is 0 Å². The van der Waals surface area contributed by atoms with E-state index in [4.69, 9.17) is 5.11 Å². The third-order valence-corrected chi connectivity index (χ3v) is 3.11. The highest BCUT2D eigenvalue weighted by Crippen LogP contribution is 2.21. The summed E-state index contributed by atoms with van der Waals surface area (Å²) in [6, 6.07) is 7.45. The fourth-order valence-corrected chi connectivity index (χ4v) is 2.07. The van der Waals surface area contributed by atoms with Gasteiger partial charge in [0, 0.05) is 17.6 Å². The molecule has 2 rings (SSSR count). The number of halogens is 3. The maximum Gasteiger partial charge on any atom is 0.415 e. The Bertz CT molecular complexity index is 630. The minimum Gasteiger partial charge on any atom is -0.382 e. The van der Waals surface area contributed by atoms with Crippen LogP contribution in [-0.2, 0) is 6.54 Å². The molecule has 2 aromatic rings. The van der Waals surface area contributed by atoms with Gasteiger partial charge in [0.1, 0.15) is 5.82 Å². The van der Waals surface area contributed by atoms with Crippen LogP contribution in [0.2, 0.25) is 0 Å². The summed E-state index contributed by atoms with van der Waals surface area (Å²) in [4.78, 5) is 9.97. The summed E-state index contributed by atoms with van der Waals surface area (Å²) in [5.74, 6) is 0.433. The van der Waals surface area contributed by atoms with Crippen molar-refractivity contribution in [2.24, 2.45) is 0 Å². The first-order valence-electron chi connectivity index (χ1n) is 6.43. The van der Waals surface area contributed by atoms with E-state index in [1.54, 1.807) is 0 Å². The van der Waals surface area contributed by atoms with E-state index in [0.717, 1.165) is 16.6 Å². The van der Waals surface area contributed by atoms with Crippen LogP contribution in [0.25, 0.3) is 10.9 Å². The van der Waals surface area contributed by atoms with Crippen molar-refractivity contribution in [2.75, 3.05) is 13.6 Å². The molecule has 0 aliphatic rings. The highest BCUT2D eigenvalue weighted by atomic mass is 19.4. The van der Waals surface area contributed by atoms with Gasteiger partial charge in [-0.25, -0.2) is 9.97 Å². The summed E-state index contributed by atoms with van der Waals surface area (Å²) in [6.45, 7) is 1.45. The predicted octanol–water partition coefficient (Wildman–Crippen LogP) is 2.29. The molecule has 21 heavy (non-hydrogen) atoms. The number of aliphatic hydroxyl groups is 1. The molecule has 0 radical (unpaired) electrons. The molecule has 0 aliphatic heterocycles. The van der Waals surface area contributed by atoms with Crippen LogP contribution in [0.5, 0.6) is 0 Å². The lowest BCUT2D eigenvalue weighted by atomic mass is 10.2. The predicted molar refractivity (Wildman–Crippen MR) is 72.7 cm³/mol. The minimum absolute atomic E-state index is 0.138. The van der Waals surface area contributed by atoms with Gasteiger partial charge in [0.2, 0.25) is 0 Å². The fourth-order valence-electron chi connectivity index (χ4n) is 2.07. The number of aliphatic hydroxyl groups excluding tert-OH is 1. The molecule has 0 saturated carbocycles. The van der Waals surface area contributed by atoms with Crippen molar-refractivity contribution < 1.29 is 18.3 Å². The van der Waals surface area contributed by atoms with Crippen LogP contribution >= 0.6 is 0 Å². The van der Waals surface area contributed by atoms with Crippen LogP contribution in [0.4, 0.5) is 13.2 Å². The molecule has 4 nitrogen and oxygen atoms in total. The number of aromatic nitrogens is 2. The van der Waals surface area contributed by atoms with E-state index in [1.165, 1.54) is 11.9 Å². The molecule has 114 valence electrons. The van der Waals surface area contributed by atoms with E-state index in [0.29, 0.717) is 5.82 Å². The van der Waals surface area contributed by atoms with Crippen molar-refractivity contribution in [3.8, 4) is 0 Å². The van der Waals surface area contributed by atoms with E-state index in [-0.39, 0.29) is 6.54 Å². The third kappa shape index (κ3) is 3.89. The summed E-state index contributed by atoms with van der Waals surface area (Å²) >= 11 is 0. The summed E-state index contributed by atoms with van der Waals surface area (Å²) in [5, 5.41) is 9.97. The van der Waals surface area contributed by atoms with Crippen LogP contribution < -0.4 is 0 Å². The summed E-state index contributed by atoms with van der Waals surface area (Å²) in [5.41, 5.74) is 1.53. The second-order valence-corrected chi connectivity index (χ2v) is 5.00. The monoisotopic (exact) mass is 299 g/mol. The van der Waals surface area contributed by atoms with Crippen molar-refractivity contribution in [1.82, 2.24) is 14.9 Å². The minimum atomic E-state index is -4.62. The van der Waals surface area contributed by atoms with Gasteiger partial charge in [-0.05, 0) is 20.0 Å². The van der Waals surface area contributed by atoms with Crippen molar-refractivity contribution in [2.45, 2.75) is 25.7 Å². The van der Waals surface area contributed by atoms with Gasteiger partial charge in [-0.2, -0.15) is 13.2 Å². The Morgan fingerprint density at radius 3 is 2.57 bits per heavy atom. The molecular weight excluding hydrogens is 283 g/mol. The quantitative estimate of drug-likeness (QED) is 0.941. The highest BCUT2D eigenvalue weighted by Gasteiger charge is 2.38. The number of hydrogen-bond acceptors (Lipinski definition) is 4. The van der Waals surface area contributed by atoms with Crippen LogP contribution in [0.1, 0.15) is 11.5 Å². The van der Waals surface area contributed by atoms with Gasteiger partial charge in [-0.1, -0.05) is 18.2 Å². The summed E-state index contributed by atoms with van der Waals surface area (Å²) in [7, 11) is 1.49. The third-order valence-electron chi connectivity index (χ3n) is 3.11. The fraction of sp³-hybridized carbons (Fsp3) is 0.429. The Labute approximate surface area is 120 Å². The van der Waals surface area contributed by atoms with Crippen molar-refractivity contribution in [3.63, 3.8) is 0 Å². The Balaban J connectivity index is 2.13. The van der Waals surface area contributed by atoms with Crippen molar-refractivity contribution in [1.29, 1.82) is 0 Å². The van der Waals surface area contributed by atoms with E-state index >= 15 is 0 Å². The summed E-state index contributed by atoms with van der Waals surface area (Å²) < 4.78 is 36.9. The first-order chi connectivity index (χ1) is 9.77. The van der Waals surface area contributed by atoms with Crippen LogP contribution in [0.15, 0.2) is 24.3 Å². The van der Waals surface area contributed by atoms with Crippen LogP contribution in [-0.4, -0.2) is 45.8 Å². The molecule has 0 bridgehead atoms. The second kappa shape index (κ2) is 5.95. The van der Waals surface area contributed by atoms with E-state index in [9.17, 15) is 13.2 Å². The zero-order chi connectivity index (χ0) is 15.6. The lowest BCUT2D eigenvalue weighted by Crippen LogP contribution is -2.39. The lowest BCUT2D eigenvalue weighted by Gasteiger charge is -2.21. The SMILES string of the molecule is Cc1nc(CN(C)CC(O)C(F)(F)F)nc2ccccc12. The number of benzene rings is 1. The van der Waals surface area contributed by atoms with Gasteiger partial charge >= 0.3 is 6.18 Å². The number of nitrogens with zero attached hydrogens (tertiary/aromatic N) is 3. The maximum atomic E-state index is 12.3. The molecule has 1 aromatic heterocycles. The molecule has 1 aromatic carbocycles. The van der Waals surface area contributed by atoms with Gasteiger partial charge in [0.25, 0.3) is 0 Å². The van der Waals surface area contributed by atoms with E-state index in [2.05, 4.69) is 9.97 Å². The average molecular weight is 299 g/mol. The molecule has 0 saturated heterocycles. The molecule has 0 aliphatic carbocycles. The number of para-hydroxylation sites is 1. The normalized spacial score (nSPS) is 13.9. The Kier molecular flexibility index (Phi) is 4.43. The second-order valence-electron chi connectivity index (χ2n) is 5.00. The van der Waals surface area contributed by atoms with Crippen LogP contribution in [0.3, 0.4) is 0 Å². The molecule has 1 unspecified atom stereocenters. The number of hydrogen-bond donors (Lipinski definition) is 1. The van der Waals surface area contributed by atoms with Gasteiger partial charge in [-0.3, -0.25) is 4.90 Å². The summed E-state index contributed by atoms with van der Waals surface area (Å²) in [6.07, 6.45) is -6.99. The first kappa shape index (κ1) is 15.7. The number of fused-ring (bicyclic) bond motifs is 1. The first-order valence-corrected chi connectivity index (χ1v) is 6.43. The molecule has 0 spiro atoms. The number of likely N-dealkylation sites (N-methyl/N-ethyl adjacent to an activating group) is 1. The number of alkyl halides is 3. The number of aryl methyl sites for hydroxylation is 1. The largest absolute Gasteiger partial charge is 0.415 e. The molecule has 0 fully saturated rings. The van der Waals surface area contributed by atoms with Gasteiger partial charge in [0.15, 0.2) is 6.10 Å². The lowest BCUT2D eigenvalue weighted by molar-refractivity contribution is -0.207.